The van der Waals surface area contributed by atoms with Crippen LogP contribution >= 0.6 is 0 Å². The minimum Gasteiger partial charge on any atom is -0.379 e. The van der Waals surface area contributed by atoms with Crippen LogP contribution in [0.2, 0.25) is 0 Å². The van der Waals surface area contributed by atoms with Gasteiger partial charge in [-0.15, -0.1) is 0 Å². The summed E-state index contributed by atoms with van der Waals surface area (Å²) in [6.07, 6.45) is -2.11. The van der Waals surface area contributed by atoms with Gasteiger partial charge in [0.05, 0.1) is 13.2 Å². The molecule has 1 aromatic heterocycles. The average Bonchev–Trinajstić information content (AvgIpc) is 2.62. The SMILES string of the molecule is O=S(=O)(c1ccc(C(F)(F)F)nc1)N1CCC[C@@H](CN2CCOCC2)C1. The third-order valence-electron chi connectivity index (χ3n) is 4.77. The maximum Gasteiger partial charge on any atom is 0.433 e. The Balaban J connectivity index is 1.68. The Morgan fingerprint density at radius 3 is 2.54 bits per heavy atom. The van der Waals surface area contributed by atoms with E-state index in [1.165, 1.54) is 4.31 Å². The first-order valence-corrected chi connectivity index (χ1v) is 10.0. The average molecular weight is 393 g/mol. The summed E-state index contributed by atoms with van der Waals surface area (Å²) in [4.78, 5) is 5.34. The molecule has 2 aliphatic heterocycles. The monoisotopic (exact) mass is 393 g/mol. The van der Waals surface area contributed by atoms with Crippen molar-refractivity contribution in [2.45, 2.75) is 23.9 Å². The predicted octanol–water partition coefficient (Wildman–Crippen LogP) is 1.83. The normalized spacial score (nSPS) is 23.9. The topological polar surface area (TPSA) is 62.7 Å². The number of nitrogens with zero attached hydrogens (tertiary/aromatic N) is 3. The molecular weight excluding hydrogens is 371 g/mol. The van der Waals surface area contributed by atoms with E-state index in [4.69, 9.17) is 4.74 Å². The molecule has 0 amide bonds. The molecule has 0 unspecified atom stereocenters. The van der Waals surface area contributed by atoms with E-state index < -0.39 is 21.9 Å². The van der Waals surface area contributed by atoms with Crippen molar-refractivity contribution in [1.29, 1.82) is 0 Å². The molecule has 6 nitrogen and oxygen atoms in total. The van der Waals surface area contributed by atoms with Gasteiger partial charge in [0.25, 0.3) is 0 Å². The molecule has 2 aliphatic rings. The van der Waals surface area contributed by atoms with Crippen LogP contribution in [0.1, 0.15) is 18.5 Å². The lowest BCUT2D eigenvalue weighted by Crippen LogP contribution is -2.46. The van der Waals surface area contributed by atoms with E-state index in [9.17, 15) is 21.6 Å². The van der Waals surface area contributed by atoms with Crippen molar-refractivity contribution in [2.75, 3.05) is 45.9 Å². The van der Waals surface area contributed by atoms with Crippen LogP contribution in [0.5, 0.6) is 0 Å². The molecular formula is C16H22F3N3O3S. The number of hydrogen-bond acceptors (Lipinski definition) is 5. The van der Waals surface area contributed by atoms with Crippen LogP contribution in [-0.4, -0.2) is 68.5 Å². The molecule has 2 saturated heterocycles. The molecule has 0 radical (unpaired) electrons. The molecule has 0 bridgehead atoms. The standard InChI is InChI=1S/C16H22F3N3O3S/c17-16(18,19)15-4-3-14(10-20-15)26(23,24)22-5-1-2-13(12-22)11-21-6-8-25-9-7-21/h3-4,10,13H,1-2,5-9,11-12H2/t13-/m0/s1. The number of rotatable bonds is 4. The van der Waals surface area contributed by atoms with Crippen molar-refractivity contribution in [3.63, 3.8) is 0 Å². The highest BCUT2D eigenvalue weighted by atomic mass is 32.2. The predicted molar refractivity (Wildman–Crippen MR) is 88.0 cm³/mol. The molecule has 1 aromatic rings. The Bertz CT molecular complexity index is 704. The first kappa shape index (κ1) is 19.5. The highest BCUT2D eigenvalue weighted by Gasteiger charge is 2.34. The van der Waals surface area contributed by atoms with Crippen LogP contribution in [0.3, 0.4) is 0 Å². The molecule has 0 spiro atoms. The van der Waals surface area contributed by atoms with Crippen LogP contribution in [-0.2, 0) is 20.9 Å². The lowest BCUT2D eigenvalue weighted by Gasteiger charge is -2.36. The number of sulfonamides is 1. The second-order valence-electron chi connectivity index (χ2n) is 6.66. The van der Waals surface area contributed by atoms with Gasteiger partial charge in [0.15, 0.2) is 0 Å². The largest absolute Gasteiger partial charge is 0.433 e. The number of ether oxygens (including phenoxy) is 1. The summed E-state index contributed by atoms with van der Waals surface area (Å²) in [5.74, 6) is 0.207. The Hall–Kier alpha value is -1.23. The van der Waals surface area contributed by atoms with Crippen molar-refractivity contribution >= 4 is 10.0 Å². The molecule has 0 aromatic carbocycles. The number of hydrogen-bond donors (Lipinski definition) is 0. The molecule has 0 N–H and O–H groups in total. The molecule has 0 saturated carbocycles. The minimum atomic E-state index is -4.59. The summed E-state index contributed by atoms with van der Waals surface area (Å²) in [5.41, 5.74) is -1.10. The van der Waals surface area contributed by atoms with Gasteiger partial charge in [0.1, 0.15) is 10.6 Å². The fraction of sp³-hybridized carbons (Fsp3) is 0.688. The molecule has 10 heteroatoms. The number of aromatic nitrogens is 1. The van der Waals surface area contributed by atoms with Crippen LogP contribution in [0, 0.1) is 5.92 Å². The fourth-order valence-corrected chi connectivity index (χ4v) is 4.89. The summed E-state index contributed by atoms with van der Waals surface area (Å²) < 4.78 is 70.0. The van der Waals surface area contributed by atoms with Gasteiger partial charge >= 0.3 is 6.18 Å². The Kier molecular flexibility index (Phi) is 5.85. The Morgan fingerprint density at radius 2 is 1.92 bits per heavy atom. The van der Waals surface area contributed by atoms with Gasteiger partial charge in [0, 0.05) is 38.9 Å². The van der Waals surface area contributed by atoms with E-state index >= 15 is 0 Å². The van der Waals surface area contributed by atoms with Crippen molar-refractivity contribution in [2.24, 2.45) is 5.92 Å². The third kappa shape index (κ3) is 4.54. The highest BCUT2D eigenvalue weighted by molar-refractivity contribution is 7.89. The van der Waals surface area contributed by atoms with Gasteiger partial charge in [-0.25, -0.2) is 8.42 Å². The van der Waals surface area contributed by atoms with Crippen LogP contribution in [0.4, 0.5) is 13.2 Å². The van der Waals surface area contributed by atoms with Crippen molar-refractivity contribution in [1.82, 2.24) is 14.2 Å². The summed E-state index contributed by atoms with van der Waals surface area (Å²) in [5, 5.41) is 0. The molecule has 0 aliphatic carbocycles. The van der Waals surface area contributed by atoms with Crippen LogP contribution in [0.25, 0.3) is 0 Å². The summed E-state index contributed by atoms with van der Waals surface area (Å²) in [7, 11) is -3.84. The number of piperidine rings is 1. The zero-order valence-corrected chi connectivity index (χ0v) is 15.1. The zero-order valence-electron chi connectivity index (χ0n) is 14.3. The van der Waals surface area contributed by atoms with Crippen molar-refractivity contribution < 1.29 is 26.3 Å². The van der Waals surface area contributed by atoms with Gasteiger partial charge in [-0.1, -0.05) is 0 Å². The summed E-state index contributed by atoms with van der Waals surface area (Å²) in [6, 6.07) is 1.69. The second-order valence-corrected chi connectivity index (χ2v) is 8.60. The maximum atomic E-state index is 12.8. The Morgan fingerprint density at radius 1 is 1.19 bits per heavy atom. The van der Waals surface area contributed by atoms with E-state index in [1.807, 2.05) is 0 Å². The van der Waals surface area contributed by atoms with Gasteiger partial charge in [-0.05, 0) is 30.9 Å². The van der Waals surface area contributed by atoms with Gasteiger partial charge < -0.3 is 4.74 Å². The molecule has 26 heavy (non-hydrogen) atoms. The maximum absolute atomic E-state index is 12.8. The van der Waals surface area contributed by atoms with Crippen LogP contribution in [0.15, 0.2) is 23.2 Å². The zero-order chi connectivity index (χ0) is 18.8. The van der Waals surface area contributed by atoms with E-state index in [-0.39, 0.29) is 10.8 Å². The second kappa shape index (κ2) is 7.79. The number of alkyl halides is 3. The van der Waals surface area contributed by atoms with E-state index in [1.54, 1.807) is 0 Å². The highest BCUT2D eigenvalue weighted by Crippen LogP contribution is 2.29. The van der Waals surface area contributed by atoms with Gasteiger partial charge in [-0.3, -0.25) is 9.88 Å². The molecule has 3 rings (SSSR count). The lowest BCUT2D eigenvalue weighted by atomic mass is 9.99. The molecule has 1 atom stereocenters. The summed E-state index contributed by atoms with van der Waals surface area (Å²) in [6.45, 7) is 4.61. The van der Waals surface area contributed by atoms with E-state index in [2.05, 4.69) is 9.88 Å². The minimum absolute atomic E-state index is 0.197. The fourth-order valence-electron chi connectivity index (χ4n) is 3.39. The van der Waals surface area contributed by atoms with E-state index in [0.29, 0.717) is 32.4 Å². The van der Waals surface area contributed by atoms with Gasteiger partial charge in [0.2, 0.25) is 10.0 Å². The number of halogens is 3. The molecule has 146 valence electrons. The van der Waals surface area contributed by atoms with Crippen molar-refractivity contribution in [3.8, 4) is 0 Å². The quantitative estimate of drug-likeness (QED) is 0.781. The lowest BCUT2D eigenvalue weighted by molar-refractivity contribution is -0.141. The van der Waals surface area contributed by atoms with Gasteiger partial charge in [-0.2, -0.15) is 17.5 Å². The first-order chi connectivity index (χ1) is 12.3. The number of pyridine rings is 1. The smallest absolute Gasteiger partial charge is 0.379 e. The third-order valence-corrected chi connectivity index (χ3v) is 6.62. The van der Waals surface area contributed by atoms with Crippen molar-refractivity contribution in [3.05, 3.63) is 24.0 Å². The summed E-state index contributed by atoms with van der Waals surface area (Å²) >= 11 is 0. The Labute approximate surface area is 151 Å². The first-order valence-electron chi connectivity index (χ1n) is 8.60. The van der Waals surface area contributed by atoms with Crippen LogP contribution < -0.4 is 0 Å². The van der Waals surface area contributed by atoms with E-state index in [0.717, 1.165) is 44.7 Å². The molecule has 3 heterocycles. The molecule has 2 fully saturated rings. The number of morpholine rings is 1.